The van der Waals surface area contributed by atoms with Crippen molar-refractivity contribution in [1.82, 2.24) is 5.32 Å². The van der Waals surface area contributed by atoms with Crippen molar-refractivity contribution >= 4 is 29.0 Å². The van der Waals surface area contributed by atoms with Crippen LogP contribution in [0.2, 0.25) is 0 Å². The Labute approximate surface area is 156 Å². The molecule has 0 atom stereocenters. The number of nitrogens with zero attached hydrogens (tertiary/aromatic N) is 1. The molecule has 0 unspecified atom stereocenters. The van der Waals surface area contributed by atoms with Gasteiger partial charge in [0.1, 0.15) is 11.3 Å². The maximum Gasteiger partial charge on any atom is 0.285 e. The second-order valence-corrected chi connectivity index (χ2v) is 6.26. The smallest absolute Gasteiger partial charge is 0.285 e. The highest BCUT2D eigenvalue weighted by Crippen LogP contribution is 2.34. The van der Waals surface area contributed by atoms with E-state index < -0.39 is 10.8 Å². The summed E-state index contributed by atoms with van der Waals surface area (Å²) in [6, 6.07) is 10.1. The predicted octanol–water partition coefficient (Wildman–Crippen LogP) is 3.69. The van der Waals surface area contributed by atoms with Crippen molar-refractivity contribution in [3.63, 3.8) is 0 Å². The quantitative estimate of drug-likeness (QED) is 0.415. The molecule has 0 aliphatic carbocycles. The number of carbonyl (C=O) groups excluding carboxylic acids is 1. The average Bonchev–Trinajstić information content (AvgIpc) is 2.65. The van der Waals surface area contributed by atoms with Crippen molar-refractivity contribution in [3.8, 4) is 5.75 Å². The standard InChI is InChI=1S/C18H21N3O4S/c1-4-19-11-12-6-5-7-13(8-12)20-18(22)14-9-17(26-3)16(25-2)10-15(14)21(23)24/h5-10,19H,4,11H2,1-3H3,(H,20,22). The zero-order chi connectivity index (χ0) is 19.1. The summed E-state index contributed by atoms with van der Waals surface area (Å²) in [6.45, 7) is 3.53. The third-order valence-electron chi connectivity index (χ3n) is 3.71. The number of anilines is 1. The Morgan fingerprint density at radius 2 is 2.08 bits per heavy atom. The highest BCUT2D eigenvalue weighted by Gasteiger charge is 2.24. The molecule has 2 aromatic carbocycles. The number of ether oxygens (including phenoxy) is 1. The van der Waals surface area contributed by atoms with Gasteiger partial charge in [-0.2, -0.15) is 0 Å². The third-order valence-corrected chi connectivity index (χ3v) is 4.47. The minimum atomic E-state index is -0.580. The van der Waals surface area contributed by atoms with Gasteiger partial charge in [-0.3, -0.25) is 14.9 Å². The van der Waals surface area contributed by atoms with Crippen LogP contribution in [0.15, 0.2) is 41.3 Å². The molecule has 7 nitrogen and oxygen atoms in total. The lowest BCUT2D eigenvalue weighted by molar-refractivity contribution is -0.385. The van der Waals surface area contributed by atoms with Crippen molar-refractivity contribution in [2.45, 2.75) is 18.4 Å². The first-order valence-electron chi connectivity index (χ1n) is 8.01. The zero-order valence-electron chi connectivity index (χ0n) is 14.9. The fourth-order valence-corrected chi connectivity index (χ4v) is 3.01. The van der Waals surface area contributed by atoms with Gasteiger partial charge in [0.25, 0.3) is 11.6 Å². The van der Waals surface area contributed by atoms with Crippen LogP contribution in [0, 0.1) is 10.1 Å². The summed E-state index contributed by atoms with van der Waals surface area (Å²) in [5, 5.41) is 17.3. The van der Waals surface area contributed by atoms with Gasteiger partial charge in [0, 0.05) is 12.2 Å². The molecule has 0 heterocycles. The lowest BCUT2D eigenvalue weighted by Crippen LogP contribution is -2.15. The number of hydrogen-bond donors (Lipinski definition) is 2. The van der Waals surface area contributed by atoms with Crippen molar-refractivity contribution in [2.75, 3.05) is 25.2 Å². The molecular formula is C18H21N3O4S. The van der Waals surface area contributed by atoms with Gasteiger partial charge in [-0.1, -0.05) is 19.1 Å². The lowest BCUT2D eigenvalue weighted by Gasteiger charge is -2.11. The van der Waals surface area contributed by atoms with E-state index in [-0.39, 0.29) is 11.3 Å². The number of rotatable bonds is 8. The fraction of sp³-hybridized carbons (Fsp3) is 0.278. The van der Waals surface area contributed by atoms with Crippen LogP contribution in [0.25, 0.3) is 0 Å². The molecule has 8 heteroatoms. The topological polar surface area (TPSA) is 93.5 Å². The van der Waals surface area contributed by atoms with Crippen molar-refractivity contribution < 1.29 is 14.5 Å². The molecule has 0 spiro atoms. The number of carbonyl (C=O) groups is 1. The Hall–Kier alpha value is -2.58. The largest absolute Gasteiger partial charge is 0.495 e. The average molecular weight is 375 g/mol. The number of amides is 1. The summed E-state index contributed by atoms with van der Waals surface area (Å²) in [4.78, 5) is 24.1. The van der Waals surface area contributed by atoms with Crippen molar-refractivity contribution in [3.05, 3.63) is 57.6 Å². The van der Waals surface area contributed by atoms with Crippen LogP contribution in [-0.4, -0.2) is 30.7 Å². The monoisotopic (exact) mass is 375 g/mol. The van der Waals surface area contributed by atoms with Crippen LogP contribution in [0.4, 0.5) is 11.4 Å². The van der Waals surface area contributed by atoms with Crippen LogP contribution in [0.1, 0.15) is 22.8 Å². The third kappa shape index (κ3) is 4.74. The summed E-state index contributed by atoms with van der Waals surface area (Å²) in [6.07, 6.45) is 1.82. The van der Waals surface area contributed by atoms with Gasteiger partial charge < -0.3 is 15.4 Å². The molecule has 1 amide bonds. The molecule has 0 aromatic heterocycles. The predicted molar refractivity (Wildman–Crippen MR) is 103 cm³/mol. The molecule has 26 heavy (non-hydrogen) atoms. The molecule has 0 saturated carbocycles. The van der Waals surface area contributed by atoms with E-state index in [4.69, 9.17) is 4.74 Å². The van der Waals surface area contributed by atoms with Crippen LogP contribution in [0.3, 0.4) is 0 Å². The number of nitro benzene ring substituents is 1. The summed E-state index contributed by atoms with van der Waals surface area (Å²) in [5.74, 6) is -0.163. The minimum absolute atomic E-state index is 0.00256. The van der Waals surface area contributed by atoms with E-state index in [2.05, 4.69) is 10.6 Å². The van der Waals surface area contributed by atoms with Gasteiger partial charge in [-0.05, 0) is 36.6 Å². The van der Waals surface area contributed by atoms with Crippen molar-refractivity contribution in [1.29, 1.82) is 0 Å². The summed E-state index contributed by atoms with van der Waals surface area (Å²) >= 11 is 1.35. The van der Waals surface area contributed by atoms with Gasteiger partial charge in [-0.15, -0.1) is 11.8 Å². The molecule has 138 valence electrons. The molecule has 0 aliphatic heterocycles. The lowest BCUT2D eigenvalue weighted by atomic mass is 10.1. The molecular weight excluding hydrogens is 354 g/mol. The Balaban J connectivity index is 2.33. The molecule has 0 radical (unpaired) electrons. The van der Waals surface area contributed by atoms with E-state index in [9.17, 15) is 14.9 Å². The number of thioether (sulfide) groups is 1. The molecule has 2 aromatic rings. The van der Waals surface area contributed by atoms with E-state index in [0.717, 1.165) is 12.1 Å². The second kappa shape index (κ2) is 9.21. The van der Waals surface area contributed by atoms with Gasteiger partial charge in [-0.25, -0.2) is 0 Å². The van der Waals surface area contributed by atoms with E-state index in [0.29, 0.717) is 22.9 Å². The van der Waals surface area contributed by atoms with Crippen LogP contribution in [0.5, 0.6) is 5.75 Å². The Bertz CT molecular complexity index is 811. The first-order chi connectivity index (χ1) is 12.5. The summed E-state index contributed by atoms with van der Waals surface area (Å²) in [5.41, 5.74) is 1.30. The normalized spacial score (nSPS) is 10.4. The highest BCUT2D eigenvalue weighted by molar-refractivity contribution is 7.98. The molecule has 0 fully saturated rings. The Morgan fingerprint density at radius 1 is 1.31 bits per heavy atom. The van der Waals surface area contributed by atoms with E-state index in [1.807, 2.05) is 31.4 Å². The van der Waals surface area contributed by atoms with Crippen molar-refractivity contribution in [2.24, 2.45) is 0 Å². The van der Waals surface area contributed by atoms with Crippen LogP contribution < -0.4 is 15.4 Å². The van der Waals surface area contributed by atoms with Gasteiger partial charge in [0.15, 0.2) is 0 Å². The highest BCUT2D eigenvalue weighted by atomic mass is 32.2. The summed E-state index contributed by atoms with van der Waals surface area (Å²) in [7, 11) is 1.44. The molecule has 2 N–H and O–H groups in total. The first-order valence-corrected chi connectivity index (χ1v) is 9.24. The Morgan fingerprint density at radius 3 is 2.69 bits per heavy atom. The number of benzene rings is 2. The first kappa shape index (κ1) is 19.7. The maximum absolute atomic E-state index is 12.7. The maximum atomic E-state index is 12.7. The molecule has 2 rings (SSSR count). The fourth-order valence-electron chi connectivity index (χ4n) is 2.43. The zero-order valence-corrected chi connectivity index (χ0v) is 15.7. The summed E-state index contributed by atoms with van der Waals surface area (Å²) < 4.78 is 5.17. The molecule has 0 saturated heterocycles. The van der Waals surface area contributed by atoms with E-state index in [1.165, 1.54) is 31.0 Å². The number of nitrogens with one attached hydrogen (secondary N) is 2. The van der Waals surface area contributed by atoms with E-state index in [1.54, 1.807) is 6.07 Å². The van der Waals surface area contributed by atoms with Gasteiger partial charge in [0.2, 0.25) is 0 Å². The number of methoxy groups -OCH3 is 1. The molecule has 0 bridgehead atoms. The minimum Gasteiger partial charge on any atom is -0.495 e. The van der Waals surface area contributed by atoms with Gasteiger partial charge in [0.05, 0.1) is 23.0 Å². The van der Waals surface area contributed by atoms with Crippen LogP contribution in [-0.2, 0) is 6.54 Å². The Kier molecular flexibility index (Phi) is 6.99. The second-order valence-electron chi connectivity index (χ2n) is 5.42. The van der Waals surface area contributed by atoms with Crippen LogP contribution >= 0.6 is 11.8 Å². The number of nitro groups is 1. The SMILES string of the molecule is CCNCc1cccc(NC(=O)c2cc(SC)c(OC)cc2[N+](=O)[O-])c1. The van der Waals surface area contributed by atoms with E-state index >= 15 is 0 Å². The van der Waals surface area contributed by atoms with Gasteiger partial charge >= 0.3 is 0 Å². The molecule has 0 aliphatic rings. The number of hydrogen-bond acceptors (Lipinski definition) is 6.